The number of hydrogen-bond acceptors (Lipinski definition) is 6. The molecule has 4 rings (SSSR count). The Labute approximate surface area is 143 Å². The molecular formula is C18H27N5O. The van der Waals surface area contributed by atoms with E-state index in [2.05, 4.69) is 44.9 Å². The zero-order valence-corrected chi connectivity index (χ0v) is 14.5. The molecule has 0 aromatic carbocycles. The molecule has 3 aliphatic rings. The largest absolute Gasteiger partial charge is 0.370 e. The molecule has 1 atom stereocenters. The van der Waals surface area contributed by atoms with E-state index in [0.717, 1.165) is 30.2 Å². The number of aromatic nitrogens is 1. The van der Waals surface area contributed by atoms with Gasteiger partial charge in [0.1, 0.15) is 6.23 Å². The highest BCUT2D eigenvalue weighted by Gasteiger charge is 2.34. The van der Waals surface area contributed by atoms with Crippen molar-refractivity contribution in [1.82, 2.24) is 14.8 Å². The summed E-state index contributed by atoms with van der Waals surface area (Å²) in [6.45, 7) is 11.4. The van der Waals surface area contributed by atoms with Crippen molar-refractivity contribution in [3.05, 3.63) is 24.0 Å². The maximum Gasteiger partial charge on any atom is 0.144 e. The summed E-state index contributed by atoms with van der Waals surface area (Å²) >= 11 is 0. The standard InChI is InChI=1S/C18H27N5O/c1-13(2)21-5-7-22(8-6-21)15-11-23(12-15)14-9-17-16(19-10-14)3-4-18(24)20-17/h3-4,9-10,13,15,18,20,24H,5-8,11-12H2,1-2H3. The van der Waals surface area contributed by atoms with E-state index >= 15 is 0 Å². The number of fused-ring (bicyclic) bond motifs is 1. The highest BCUT2D eigenvalue weighted by atomic mass is 16.3. The molecule has 0 aliphatic carbocycles. The Kier molecular flexibility index (Phi) is 4.20. The molecule has 0 spiro atoms. The predicted octanol–water partition coefficient (Wildman–Crippen LogP) is 1.05. The fourth-order valence-corrected chi connectivity index (χ4v) is 3.79. The van der Waals surface area contributed by atoms with Crippen LogP contribution in [0.1, 0.15) is 19.5 Å². The van der Waals surface area contributed by atoms with Crippen molar-refractivity contribution in [3.8, 4) is 0 Å². The Morgan fingerprint density at radius 3 is 2.67 bits per heavy atom. The minimum absolute atomic E-state index is 0.615. The Bertz CT molecular complexity index is 618. The lowest BCUT2D eigenvalue weighted by Crippen LogP contribution is -2.63. The maximum absolute atomic E-state index is 9.68. The molecule has 24 heavy (non-hydrogen) atoms. The van der Waals surface area contributed by atoms with Gasteiger partial charge in [0.05, 0.1) is 23.3 Å². The molecule has 0 saturated carbocycles. The number of aliphatic hydroxyl groups excluding tert-OH is 1. The highest BCUT2D eigenvalue weighted by Crippen LogP contribution is 2.29. The van der Waals surface area contributed by atoms with Crippen LogP contribution in [0.5, 0.6) is 0 Å². The molecule has 0 radical (unpaired) electrons. The molecular weight excluding hydrogens is 302 g/mol. The summed E-state index contributed by atoms with van der Waals surface area (Å²) in [5.41, 5.74) is 2.95. The summed E-state index contributed by atoms with van der Waals surface area (Å²) in [7, 11) is 0. The Morgan fingerprint density at radius 1 is 1.21 bits per heavy atom. The molecule has 1 unspecified atom stereocenters. The van der Waals surface area contributed by atoms with Crippen LogP contribution < -0.4 is 10.2 Å². The average molecular weight is 329 g/mol. The van der Waals surface area contributed by atoms with Gasteiger partial charge in [0.25, 0.3) is 0 Å². The van der Waals surface area contributed by atoms with E-state index in [1.807, 2.05) is 12.3 Å². The lowest BCUT2D eigenvalue weighted by Gasteiger charge is -2.49. The Hall–Kier alpha value is -1.63. The molecule has 3 aliphatic heterocycles. The summed E-state index contributed by atoms with van der Waals surface area (Å²) in [6.07, 6.45) is 4.91. The van der Waals surface area contributed by atoms with Crippen LogP contribution in [0.2, 0.25) is 0 Å². The minimum Gasteiger partial charge on any atom is -0.370 e. The summed E-state index contributed by atoms with van der Waals surface area (Å²) in [6, 6.07) is 3.42. The third-order valence-corrected chi connectivity index (χ3v) is 5.47. The Balaban J connectivity index is 1.33. The van der Waals surface area contributed by atoms with Crippen LogP contribution in [0.3, 0.4) is 0 Å². The van der Waals surface area contributed by atoms with E-state index in [9.17, 15) is 5.11 Å². The second-order valence-corrected chi connectivity index (χ2v) is 7.30. The molecule has 1 aromatic rings. The van der Waals surface area contributed by atoms with Gasteiger partial charge in [-0.3, -0.25) is 14.8 Å². The zero-order valence-electron chi connectivity index (χ0n) is 14.5. The van der Waals surface area contributed by atoms with Crippen molar-refractivity contribution in [2.24, 2.45) is 0 Å². The van der Waals surface area contributed by atoms with Crippen LogP contribution in [-0.4, -0.2) is 77.5 Å². The van der Waals surface area contributed by atoms with Gasteiger partial charge in [0.2, 0.25) is 0 Å². The van der Waals surface area contributed by atoms with Crippen LogP contribution in [0, 0.1) is 0 Å². The van der Waals surface area contributed by atoms with Gasteiger partial charge < -0.3 is 15.3 Å². The summed E-state index contributed by atoms with van der Waals surface area (Å²) in [5.74, 6) is 0. The molecule has 0 bridgehead atoms. The number of hydrogen-bond donors (Lipinski definition) is 2. The molecule has 4 heterocycles. The summed E-state index contributed by atoms with van der Waals surface area (Å²) in [4.78, 5) is 12.1. The summed E-state index contributed by atoms with van der Waals surface area (Å²) < 4.78 is 0. The van der Waals surface area contributed by atoms with E-state index in [4.69, 9.17) is 0 Å². The van der Waals surface area contributed by atoms with Crippen molar-refractivity contribution < 1.29 is 5.11 Å². The van der Waals surface area contributed by atoms with Gasteiger partial charge in [-0.05, 0) is 32.1 Å². The normalized spacial score (nSPS) is 25.5. The first kappa shape index (κ1) is 15.9. The van der Waals surface area contributed by atoms with Gasteiger partial charge in [-0.1, -0.05) is 0 Å². The SMILES string of the molecule is CC(C)N1CCN(C2CN(c3cnc4c(c3)NC(O)C=C4)C2)CC1. The van der Waals surface area contributed by atoms with Gasteiger partial charge in [-0.15, -0.1) is 0 Å². The quantitative estimate of drug-likeness (QED) is 0.865. The van der Waals surface area contributed by atoms with Crippen LogP contribution in [0.15, 0.2) is 18.3 Å². The van der Waals surface area contributed by atoms with E-state index in [-0.39, 0.29) is 0 Å². The smallest absolute Gasteiger partial charge is 0.144 e. The number of anilines is 2. The highest BCUT2D eigenvalue weighted by molar-refractivity contribution is 5.71. The molecule has 6 nitrogen and oxygen atoms in total. The van der Waals surface area contributed by atoms with Crippen LogP contribution in [-0.2, 0) is 0 Å². The van der Waals surface area contributed by atoms with Crippen molar-refractivity contribution in [1.29, 1.82) is 0 Å². The minimum atomic E-state index is -0.615. The van der Waals surface area contributed by atoms with Gasteiger partial charge in [0.15, 0.2) is 0 Å². The zero-order chi connectivity index (χ0) is 16.7. The van der Waals surface area contributed by atoms with Crippen molar-refractivity contribution >= 4 is 17.5 Å². The van der Waals surface area contributed by atoms with E-state index in [1.165, 1.54) is 26.2 Å². The predicted molar refractivity (Wildman–Crippen MR) is 97.2 cm³/mol. The third-order valence-electron chi connectivity index (χ3n) is 5.47. The topological polar surface area (TPSA) is 54.9 Å². The second kappa shape index (κ2) is 6.35. The lowest BCUT2D eigenvalue weighted by atomic mass is 10.0. The average Bonchev–Trinajstić information content (AvgIpc) is 2.53. The van der Waals surface area contributed by atoms with E-state index < -0.39 is 6.23 Å². The molecule has 2 N–H and O–H groups in total. The first-order valence-electron chi connectivity index (χ1n) is 8.96. The van der Waals surface area contributed by atoms with Gasteiger partial charge in [0, 0.05) is 51.4 Å². The fourth-order valence-electron chi connectivity index (χ4n) is 3.79. The van der Waals surface area contributed by atoms with Crippen LogP contribution in [0.25, 0.3) is 6.08 Å². The van der Waals surface area contributed by atoms with Crippen LogP contribution >= 0.6 is 0 Å². The first-order valence-corrected chi connectivity index (χ1v) is 8.96. The molecule has 1 aromatic heterocycles. The number of nitrogens with one attached hydrogen (secondary N) is 1. The van der Waals surface area contributed by atoms with E-state index in [1.54, 1.807) is 6.08 Å². The van der Waals surface area contributed by atoms with Crippen molar-refractivity contribution in [2.75, 3.05) is 49.5 Å². The van der Waals surface area contributed by atoms with Crippen molar-refractivity contribution in [3.63, 3.8) is 0 Å². The third kappa shape index (κ3) is 3.01. The number of piperazine rings is 1. The molecule has 2 saturated heterocycles. The summed E-state index contributed by atoms with van der Waals surface area (Å²) in [5, 5.41) is 12.7. The Morgan fingerprint density at radius 2 is 1.96 bits per heavy atom. The number of pyridine rings is 1. The molecule has 130 valence electrons. The molecule has 0 amide bonds. The van der Waals surface area contributed by atoms with Gasteiger partial charge in [-0.2, -0.15) is 0 Å². The number of aliphatic hydroxyl groups is 1. The molecule has 6 heteroatoms. The van der Waals surface area contributed by atoms with Gasteiger partial charge >= 0.3 is 0 Å². The number of nitrogens with zero attached hydrogens (tertiary/aromatic N) is 4. The second-order valence-electron chi connectivity index (χ2n) is 7.30. The van der Waals surface area contributed by atoms with Crippen LogP contribution in [0.4, 0.5) is 11.4 Å². The number of rotatable bonds is 3. The molecule has 2 fully saturated rings. The van der Waals surface area contributed by atoms with E-state index in [0.29, 0.717) is 12.1 Å². The maximum atomic E-state index is 9.68. The lowest BCUT2D eigenvalue weighted by molar-refractivity contribution is 0.0678. The monoisotopic (exact) mass is 329 g/mol. The van der Waals surface area contributed by atoms with Crippen molar-refractivity contribution in [2.45, 2.75) is 32.2 Å². The first-order chi connectivity index (χ1) is 11.6. The van der Waals surface area contributed by atoms with Gasteiger partial charge in [-0.25, -0.2) is 0 Å². The fraction of sp³-hybridized carbons (Fsp3) is 0.611.